The van der Waals surface area contributed by atoms with Crippen LogP contribution >= 0.6 is 11.8 Å². The van der Waals surface area contributed by atoms with E-state index in [0.717, 1.165) is 16.5 Å². The average Bonchev–Trinajstić information content (AvgIpc) is 3.29. The van der Waals surface area contributed by atoms with Crippen LogP contribution in [-0.4, -0.2) is 81.2 Å². The average molecular weight is 550 g/mol. The van der Waals surface area contributed by atoms with E-state index in [9.17, 15) is 29.4 Å². The summed E-state index contributed by atoms with van der Waals surface area (Å²) in [6.45, 7) is 4.88. The summed E-state index contributed by atoms with van der Waals surface area (Å²) in [5.74, 6) is -3.03. The largest absolute Gasteiger partial charge is 0.480 e. The van der Waals surface area contributed by atoms with E-state index in [4.69, 9.17) is 5.73 Å². The van der Waals surface area contributed by atoms with Gasteiger partial charge in [-0.3, -0.25) is 14.4 Å². The van der Waals surface area contributed by atoms with E-state index in [1.54, 1.807) is 13.1 Å². The fourth-order valence-electron chi connectivity index (χ4n) is 4.00. The molecule has 210 valence electrons. The van der Waals surface area contributed by atoms with Gasteiger partial charge in [-0.05, 0) is 49.3 Å². The monoisotopic (exact) mass is 549 g/mol. The van der Waals surface area contributed by atoms with Crippen LogP contribution in [-0.2, 0) is 25.6 Å². The summed E-state index contributed by atoms with van der Waals surface area (Å²) < 4.78 is 0. The lowest BCUT2D eigenvalue weighted by molar-refractivity contribution is -0.144. The van der Waals surface area contributed by atoms with Crippen LogP contribution in [0.3, 0.4) is 0 Å². The SMILES string of the molecule is CCC(C)C(NC(=O)C(CCSC)NC(=O)C(NC(=O)C(N)Cc1c[nH]c2ccccc12)C(C)O)C(=O)O. The molecule has 3 amide bonds. The highest BCUT2D eigenvalue weighted by molar-refractivity contribution is 7.98. The summed E-state index contributed by atoms with van der Waals surface area (Å²) in [5.41, 5.74) is 7.87. The molecule has 1 heterocycles. The fourth-order valence-corrected chi connectivity index (χ4v) is 4.47. The molecule has 6 unspecified atom stereocenters. The van der Waals surface area contributed by atoms with Crippen LogP contribution in [0.1, 0.15) is 39.2 Å². The van der Waals surface area contributed by atoms with Gasteiger partial charge in [0.1, 0.15) is 18.1 Å². The van der Waals surface area contributed by atoms with Crippen LogP contribution in [0, 0.1) is 5.92 Å². The highest BCUT2D eigenvalue weighted by Crippen LogP contribution is 2.19. The van der Waals surface area contributed by atoms with E-state index in [0.29, 0.717) is 12.2 Å². The first-order valence-electron chi connectivity index (χ1n) is 12.6. The summed E-state index contributed by atoms with van der Waals surface area (Å²) in [5, 5.41) is 28.3. The van der Waals surface area contributed by atoms with Gasteiger partial charge in [-0.25, -0.2) is 4.79 Å². The molecule has 0 fully saturated rings. The minimum absolute atomic E-state index is 0.203. The number of para-hydroxylation sites is 1. The minimum atomic E-state index is -1.37. The van der Waals surface area contributed by atoms with Crippen LogP contribution in [0.25, 0.3) is 10.9 Å². The number of fused-ring (bicyclic) bond motifs is 1. The van der Waals surface area contributed by atoms with Gasteiger partial charge in [0.25, 0.3) is 0 Å². The van der Waals surface area contributed by atoms with E-state index < -0.39 is 54.0 Å². The van der Waals surface area contributed by atoms with E-state index in [2.05, 4.69) is 20.9 Å². The lowest BCUT2D eigenvalue weighted by Gasteiger charge is -2.27. The number of rotatable bonds is 15. The van der Waals surface area contributed by atoms with Crippen molar-refractivity contribution in [3.05, 3.63) is 36.0 Å². The molecule has 38 heavy (non-hydrogen) atoms. The number of hydrogen-bond acceptors (Lipinski definition) is 7. The zero-order chi connectivity index (χ0) is 28.4. The zero-order valence-electron chi connectivity index (χ0n) is 22.2. The molecular weight excluding hydrogens is 510 g/mol. The molecule has 0 bridgehead atoms. The van der Waals surface area contributed by atoms with Gasteiger partial charge in [-0.2, -0.15) is 11.8 Å². The quantitative estimate of drug-likeness (QED) is 0.170. The second-order valence-corrected chi connectivity index (χ2v) is 10.4. The molecule has 0 aliphatic heterocycles. The van der Waals surface area contributed by atoms with Gasteiger partial charge < -0.3 is 36.9 Å². The highest BCUT2D eigenvalue weighted by atomic mass is 32.2. The summed E-state index contributed by atoms with van der Waals surface area (Å²) in [6, 6.07) is 3.05. The number of benzene rings is 1. The first-order chi connectivity index (χ1) is 18.0. The number of aromatic amines is 1. The Morgan fingerprint density at radius 2 is 1.68 bits per heavy atom. The number of H-pyrrole nitrogens is 1. The summed E-state index contributed by atoms with van der Waals surface area (Å²) in [4.78, 5) is 53.7. The second kappa shape index (κ2) is 14.7. The van der Waals surface area contributed by atoms with E-state index in [1.807, 2.05) is 37.4 Å². The number of hydrogen-bond donors (Lipinski definition) is 7. The summed E-state index contributed by atoms with van der Waals surface area (Å²) in [7, 11) is 0. The van der Waals surface area contributed by atoms with Crippen LogP contribution < -0.4 is 21.7 Å². The van der Waals surface area contributed by atoms with Crippen LogP contribution in [0.2, 0.25) is 0 Å². The zero-order valence-corrected chi connectivity index (χ0v) is 23.0. The van der Waals surface area contributed by atoms with Gasteiger partial charge in [0, 0.05) is 17.1 Å². The molecule has 12 heteroatoms. The van der Waals surface area contributed by atoms with Crippen molar-refractivity contribution in [2.24, 2.45) is 11.7 Å². The molecule has 8 N–H and O–H groups in total. The Bertz CT molecular complexity index is 1110. The maximum absolute atomic E-state index is 13.1. The van der Waals surface area contributed by atoms with Crippen LogP contribution in [0.5, 0.6) is 0 Å². The molecule has 0 aliphatic carbocycles. The Balaban J connectivity index is 2.10. The Kier molecular flexibility index (Phi) is 12.1. The molecular formula is C26H39N5O6S. The molecule has 0 saturated carbocycles. The van der Waals surface area contributed by atoms with Gasteiger partial charge in [0.05, 0.1) is 12.1 Å². The molecule has 2 rings (SSSR count). The number of aliphatic hydroxyl groups excluding tert-OH is 1. The number of amides is 3. The molecule has 6 atom stereocenters. The Morgan fingerprint density at radius 3 is 2.29 bits per heavy atom. The Hall–Kier alpha value is -3.09. The number of thioether (sulfide) groups is 1. The number of aromatic nitrogens is 1. The van der Waals surface area contributed by atoms with Crippen molar-refractivity contribution in [2.45, 2.75) is 70.3 Å². The second-order valence-electron chi connectivity index (χ2n) is 9.45. The van der Waals surface area contributed by atoms with Crippen LogP contribution in [0.15, 0.2) is 30.5 Å². The maximum Gasteiger partial charge on any atom is 0.326 e. The molecule has 0 aliphatic rings. The molecule has 2 aromatic rings. The van der Waals surface area contributed by atoms with Crippen molar-refractivity contribution < 1.29 is 29.4 Å². The molecule has 0 radical (unpaired) electrons. The number of carbonyl (C=O) groups excluding carboxylic acids is 3. The first-order valence-corrected chi connectivity index (χ1v) is 14.0. The highest BCUT2D eigenvalue weighted by Gasteiger charge is 2.33. The molecule has 11 nitrogen and oxygen atoms in total. The normalized spacial score (nSPS) is 16.1. The molecule has 0 spiro atoms. The third kappa shape index (κ3) is 8.47. The number of carboxylic acids is 1. The number of nitrogens with one attached hydrogen (secondary N) is 4. The van der Waals surface area contributed by atoms with E-state index in [1.165, 1.54) is 18.7 Å². The standard InChI is InChI=1S/C26H39N5O6S/c1-5-14(2)21(26(36)37)30-24(34)20(10-11-38-4)29-25(35)22(15(3)32)31-23(33)18(27)12-16-13-28-19-9-7-6-8-17(16)19/h6-9,13-15,18,20-22,28,32H,5,10-12,27H2,1-4H3,(H,29,35)(H,30,34)(H,31,33)(H,36,37). The minimum Gasteiger partial charge on any atom is -0.480 e. The first kappa shape index (κ1) is 31.1. The number of nitrogens with two attached hydrogens (primary N) is 1. The summed E-state index contributed by atoms with van der Waals surface area (Å²) >= 11 is 1.46. The van der Waals surface area contributed by atoms with Gasteiger partial charge in [-0.15, -0.1) is 0 Å². The van der Waals surface area contributed by atoms with Crippen molar-refractivity contribution in [2.75, 3.05) is 12.0 Å². The van der Waals surface area contributed by atoms with Crippen LogP contribution in [0.4, 0.5) is 0 Å². The predicted octanol–water partition coefficient (Wildman–Crippen LogP) is 0.757. The fraction of sp³-hybridized carbons (Fsp3) is 0.538. The summed E-state index contributed by atoms with van der Waals surface area (Å²) in [6.07, 6.45) is 3.30. The molecule has 0 saturated heterocycles. The Morgan fingerprint density at radius 1 is 1.03 bits per heavy atom. The molecule has 1 aromatic carbocycles. The number of aliphatic carboxylic acids is 1. The van der Waals surface area contributed by atoms with Crippen molar-refractivity contribution in [3.63, 3.8) is 0 Å². The van der Waals surface area contributed by atoms with Gasteiger partial charge in [-0.1, -0.05) is 38.5 Å². The lowest BCUT2D eigenvalue weighted by Crippen LogP contribution is -2.60. The molecule has 1 aromatic heterocycles. The smallest absolute Gasteiger partial charge is 0.326 e. The van der Waals surface area contributed by atoms with E-state index >= 15 is 0 Å². The number of carboxylic acid groups (broad SMARTS) is 1. The topological polar surface area (TPSA) is 187 Å². The predicted molar refractivity (Wildman–Crippen MR) is 148 cm³/mol. The number of carbonyl (C=O) groups is 4. The van der Waals surface area contributed by atoms with Crippen molar-refractivity contribution in [1.82, 2.24) is 20.9 Å². The van der Waals surface area contributed by atoms with Gasteiger partial charge in [0.2, 0.25) is 17.7 Å². The van der Waals surface area contributed by atoms with Crippen molar-refractivity contribution >= 4 is 46.4 Å². The maximum atomic E-state index is 13.1. The van der Waals surface area contributed by atoms with Gasteiger partial charge >= 0.3 is 5.97 Å². The van der Waals surface area contributed by atoms with Gasteiger partial charge in [0.15, 0.2) is 0 Å². The lowest BCUT2D eigenvalue weighted by atomic mass is 9.98. The van der Waals surface area contributed by atoms with Crippen molar-refractivity contribution in [1.29, 1.82) is 0 Å². The third-order valence-electron chi connectivity index (χ3n) is 6.53. The Labute approximate surface area is 226 Å². The third-order valence-corrected chi connectivity index (χ3v) is 7.18. The van der Waals surface area contributed by atoms with Crippen molar-refractivity contribution in [3.8, 4) is 0 Å². The number of aliphatic hydroxyl groups is 1. The van der Waals surface area contributed by atoms with E-state index in [-0.39, 0.29) is 18.8 Å².